The highest BCUT2D eigenvalue weighted by atomic mass is 35.5. The zero-order valence-electron chi connectivity index (χ0n) is 12.9. The molecule has 1 aliphatic rings. The molecule has 1 heterocycles. The maximum atomic E-state index is 12.2. The number of halogens is 1. The Hall–Kier alpha value is -1.07. The summed E-state index contributed by atoms with van der Waals surface area (Å²) in [6.45, 7) is 4.32. The average molecular weight is 316 g/mol. The summed E-state index contributed by atoms with van der Waals surface area (Å²) < 4.78 is 5.44. The number of nitrogens with two attached hydrogens (primary N) is 1. The molecule has 6 heteroatoms. The Bertz CT molecular complexity index is 456. The van der Waals surface area contributed by atoms with E-state index in [-0.39, 0.29) is 29.8 Å². The van der Waals surface area contributed by atoms with Gasteiger partial charge in [0, 0.05) is 6.42 Å². The SMILES string of the molecule is Cc1cnc(C(C)NC(=O)CC2(CN)CCCCC2)o1.Cl. The molecule has 2 rings (SSSR count). The number of carbonyl (C=O) groups is 1. The number of carbonyl (C=O) groups excluding carboxylic acids is 1. The van der Waals surface area contributed by atoms with E-state index in [0.29, 0.717) is 18.9 Å². The summed E-state index contributed by atoms with van der Waals surface area (Å²) in [7, 11) is 0. The van der Waals surface area contributed by atoms with Crippen molar-refractivity contribution in [3.63, 3.8) is 0 Å². The highest BCUT2D eigenvalue weighted by molar-refractivity contribution is 5.85. The van der Waals surface area contributed by atoms with E-state index in [1.165, 1.54) is 19.3 Å². The van der Waals surface area contributed by atoms with E-state index in [1.807, 2.05) is 13.8 Å². The zero-order valence-corrected chi connectivity index (χ0v) is 13.7. The van der Waals surface area contributed by atoms with Crippen molar-refractivity contribution >= 4 is 18.3 Å². The second-order valence-electron chi connectivity index (χ2n) is 6.04. The van der Waals surface area contributed by atoms with Crippen molar-refractivity contribution < 1.29 is 9.21 Å². The van der Waals surface area contributed by atoms with Crippen molar-refractivity contribution in [2.75, 3.05) is 6.54 Å². The fourth-order valence-electron chi connectivity index (χ4n) is 3.02. The molecule has 5 nitrogen and oxygen atoms in total. The minimum atomic E-state index is -0.199. The van der Waals surface area contributed by atoms with Crippen LogP contribution in [-0.4, -0.2) is 17.4 Å². The van der Waals surface area contributed by atoms with Gasteiger partial charge < -0.3 is 15.5 Å². The molecule has 0 spiro atoms. The Morgan fingerprint density at radius 1 is 1.48 bits per heavy atom. The Kier molecular flexibility index (Phi) is 6.68. The van der Waals surface area contributed by atoms with Gasteiger partial charge in [0.2, 0.25) is 11.8 Å². The van der Waals surface area contributed by atoms with Gasteiger partial charge in [0.25, 0.3) is 0 Å². The summed E-state index contributed by atoms with van der Waals surface area (Å²) in [5.74, 6) is 1.36. The molecule has 1 unspecified atom stereocenters. The van der Waals surface area contributed by atoms with Gasteiger partial charge in [-0.15, -0.1) is 12.4 Å². The van der Waals surface area contributed by atoms with Gasteiger partial charge in [0.15, 0.2) is 0 Å². The summed E-state index contributed by atoms with van der Waals surface area (Å²) in [5, 5.41) is 2.97. The number of aromatic nitrogens is 1. The number of rotatable bonds is 5. The quantitative estimate of drug-likeness (QED) is 0.875. The fraction of sp³-hybridized carbons (Fsp3) is 0.733. The first-order chi connectivity index (χ1) is 9.54. The molecule has 1 aromatic heterocycles. The third-order valence-electron chi connectivity index (χ3n) is 4.27. The van der Waals surface area contributed by atoms with Gasteiger partial charge in [-0.25, -0.2) is 4.98 Å². The molecule has 0 saturated heterocycles. The normalized spacial score (nSPS) is 18.6. The maximum absolute atomic E-state index is 12.2. The molecule has 0 aromatic carbocycles. The topological polar surface area (TPSA) is 81.2 Å². The van der Waals surface area contributed by atoms with Crippen LogP contribution in [0.4, 0.5) is 0 Å². The summed E-state index contributed by atoms with van der Waals surface area (Å²) in [4.78, 5) is 16.4. The molecule has 1 saturated carbocycles. The Morgan fingerprint density at radius 2 is 2.14 bits per heavy atom. The van der Waals surface area contributed by atoms with Crippen LogP contribution in [-0.2, 0) is 4.79 Å². The lowest BCUT2D eigenvalue weighted by molar-refractivity contribution is -0.124. The third-order valence-corrected chi connectivity index (χ3v) is 4.27. The summed E-state index contributed by atoms with van der Waals surface area (Å²) >= 11 is 0. The number of nitrogens with one attached hydrogen (secondary N) is 1. The summed E-state index contributed by atoms with van der Waals surface area (Å²) in [5.41, 5.74) is 5.92. The van der Waals surface area contributed by atoms with Crippen LogP contribution in [0, 0.1) is 12.3 Å². The summed E-state index contributed by atoms with van der Waals surface area (Å²) in [6, 6.07) is -0.199. The number of oxazole rings is 1. The molecule has 0 radical (unpaired) electrons. The predicted octanol–water partition coefficient (Wildman–Crippen LogP) is 2.88. The van der Waals surface area contributed by atoms with Crippen LogP contribution in [0.1, 0.15) is 63.1 Å². The molecule has 3 N–H and O–H groups in total. The van der Waals surface area contributed by atoms with Crippen molar-refractivity contribution in [2.45, 2.75) is 58.4 Å². The lowest BCUT2D eigenvalue weighted by Crippen LogP contribution is -2.39. The van der Waals surface area contributed by atoms with Crippen LogP contribution >= 0.6 is 12.4 Å². The molecule has 0 bridgehead atoms. The van der Waals surface area contributed by atoms with Crippen LogP contribution in [0.3, 0.4) is 0 Å². The van der Waals surface area contributed by atoms with Crippen molar-refractivity contribution in [3.8, 4) is 0 Å². The standard InChI is InChI=1S/C15H25N3O2.ClH/c1-11-9-17-14(20-11)12(2)18-13(19)8-15(10-16)6-4-3-5-7-15;/h9,12H,3-8,10,16H2,1-2H3,(H,18,19);1H. The van der Waals surface area contributed by atoms with Crippen molar-refractivity contribution in [3.05, 3.63) is 17.8 Å². The molecular weight excluding hydrogens is 290 g/mol. The predicted molar refractivity (Wildman–Crippen MR) is 84.2 cm³/mol. The molecular formula is C15H26ClN3O2. The van der Waals surface area contributed by atoms with E-state index in [0.717, 1.165) is 18.6 Å². The number of nitrogens with zero attached hydrogens (tertiary/aromatic N) is 1. The van der Waals surface area contributed by atoms with Crippen molar-refractivity contribution in [1.82, 2.24) is 10.3 Å². The van der Waals surface area contributed by atoms with E-state index in [9.17, 15) is 4.79 Å². The van der Waals surface area contributed by atoms with Crippen LogP contribution in [0.5, 0.6) is 0 Å². The van der Waals surface area contributed by atoms with E-state index in [4.69, 9.17) is 10.2 Å². The lowest BCUT2D eigenvalue weighted by atomic mass is 9.71. The van der Waals surface area contributed by atoms with Crippen LogP contribution in [0.25, 0.3) is 0 Å². The lowest BCUT2D eigenvalue weighted by Gasteiger charge is -2.35. The highest BCUT2D eigenvalue weighted by Crippen LogP contribution is 2.38. The van der Waals surface area contributed by atoms with Gasteiger partial charge in [0.1, 0.15) is 11.8 Å². The van der Waals surface area contributed by atoms with E-state index >= 15 is 0 Å². The first-order valence-corrected chi connectivity index (χ1v) is 7.46. The van der Waals surface area contributed by atoms with Gasteiger partial charge in [-0.05, 0) is 38.6 Å². The van der Waals surface area contributed by atoms with E-state index in [1.54, 1.807) is 6.20 Å². The maximum Gasteiger partial charge on any atom is 0.221 e. The van der Waals surface area contributed by atoms with Gasteiger partial charge in [-0.3, -0.25) is 4.79 Å². The summed E-state index contributed by atoms with van der Waals surface area (Å²) in [6.07, 6.45) is 7.91. The minimum absolute atomic E-state index is 0. The average Bonchev–Trinajstić information content (AvgIpc) is 2.86. The zero-order chi connectivity index (χ0) is 14.6. The molecule has 0 aliphatic heterocycles. The van der Waals surface area contributed by atoms with E-state index < -0.39 is 0 Å². The molecule has 120 valence electrons. The number of hydrogen-bond acceptors (Lipinski definition) is 4. The Morgan fingerprint density at radius 3 is 2.67 bits per heavy atom. The molecule has 1 amide bonds. The third kappa shape index (κ3) is 4.71. The van der Waals surface area contributed by atoms with Gasteiger partial charge in [-0.2, -0.15) is 0 Å². The molecule has 1 aromatic rings. The van der Waals surface area contributed by atoms with Crippen molar-refractivity contribution in [1.29, 1.82) is 0 Å². The monoisotopic (exact) mass is 315 g/mol. The number of aryl methyl sites for hydroxylation is 1. The van der Waals surface area contributed by atoms with Crippen LogP contribution in [0.2, 0.25) is 0 Å². The highest BCUT2D eigenvalue weighted by Gasteiger charge is 2.33. The largest absolute Gasteiger partial charge is 0.444 e. The number of hydrogen-bond donors (Lipinski definition) is 2. The molecule has 1 aliphatic carbocycles. The molecule has 1 fully saturated rings. The second kappa shape index (κ2) is 7.80. The van der Waals surface area contributed by atoms with E-state index in [2.05, 4.69) is 10.3 Å². The molecule has 1 atom stereocenters. The molecule has 21 heavy (non-hydrogen) atoms. The second-order valence-corrected chi connectivity index (χ2v) is 6.04. The smallest absolute Gasteiger partial charge is 0.221 e. The Balaban J connectivity index is 0.00000220. The van der Waals surface area contributed by atoms with Crippen molar-refractivity contribution in [2.24, 2.45) is 11.1 Å². The number of amides is 1. The van der Waals surface area contributed by atoms with Gasteiger partial charge in [0.05, 0.1) is 6.20 Å². The van der Waals surface area contributed by atoms with Gasteiger partial charge in [-0.1, -0.05) is 19.3 Å². The fourth-order valence-corrected chi connectivity index (χ4v) is 3.02. The first kappa shape index (κ1) is 18.0. The first-order valence-electron chi connectivity index (χ1n) is 7.46. The van der Waals surface area contributed by atoms with Crippen LogP contribution < -0.4 is 11.1 Å². The van der Waals surface area contributed by atoms with Crippen LogP contribution in [0.15, 0.2) is 10.6 Å². The van der Waals surface area contributed by atoms with Gasteiger partial charge >= 0.3 is 0 Å². The Labute approximate surface area is 132 Å². The minimum Gasteiger partial charge on any atom is -0.444 e.